The van der Waals surface area contributed by atoms with Crippen LogP contribution in [0.15, 0.2) is 24.3 Å². The molecule has 2 heteroatoms. The molecule has 0 saturated heterocycles. The van der Waals surface area contributed by atoms with E-state index in [0.717, 1.165) is 24.0 Å². The zero-order valence-corrected chi connectivity index (χ0v) is 10.3. The van der Waals surface area contributed by atoms with E-state index in [2.05, 4.69) is 33.9 Å². The minimum atomic E-state index is -0.742. The van der Waals surface area contributed by atoms with Crippen molar-refractivity contribution in [3.63, 3.8) is 0 Å². The molecule has 0 amide bonds. The molecule has 0 aromatic rings. The molecular weight excluding hydrogens is 186 g/mol. The van der Waals surface area contributed by atoms with Crippen molar-refractivity contribution in [2.75, 3.05) is 0 Å². The van der Waals surface area contributed by atoms with Gasteiger partial charge in [0.1, 0.15) is 6.23 Å². The van der Waals surface area contributed by atoms with Crippen LogP contribution in [0.3, 0.4) is 0 Å². The molecule has 0 bridgehead atoms. The minimum Gasteiger partial charge on any atom is -0.379 e. The fraction of sp³-hybridized carbons (Fsp3) is 0.692. The molecule has 0 rings (SSSR count). The van der Waals surface area contributed by atoms with Gasteiger partial charge in [-0.25, -0.2) is 0 Å². The maximum atomic E-state index is 9.00. The number of rotatable bonds is 7. The third-order valence-corrected chi connectivity index (χ3v) is 2.89. The molecule has 0 aromatic heterocycles. The summed E-state index contributed by atoms with van der Waals surface area (Å²) in [5.74, 6) is 1.08. The Kier molecular flexibility index (Phi) is 6.53. The molecule has 0 saturated carbocycles. The van der Waals surface area contributed by atoms with E-state index in [4.69, 9.17) is 10.8 Å². The number of hydrogen-bond donors (Lipinski definition) is 2. The number of hydrogen-bond acceptors (Lipinski definition) is 2. The summed E-state index contributed by atoms with van der Waals surface area (Å²) in [4.78, 5) is 0. The van der Waals surface area contributed by atoms with E-state index >= 15 is 0 Å². The van der Waals surface area contributed by atoms with Crippen molar-refractivity contribution < 1.29 is 5.11 Å². The van der Waals surface area contributed by atoms with Crippen LogP contribution in [0.2, 0.25) is 0 Å². The Balaban J connectivity index is 4.23. The highest BCUT2D eigenvalue weighted by Gasteiger charge is 2.16. The van der Waals surface area contributed by atoms with Crippen LogP contribution in [-0.2, 0) is 0 Å². The Bertz CT molecular complexity index is 219. The van der Waals surface area contributed by atoms with Gasteiger partial charge < -0.3 is 10.8 Å². The van der Waals surface area contributed by atoms with Gasteiger partial charge in [0.25, 0.3) is 0 Å². The van der Waals surface area contributed by atoms with Crippen LogP contribution in [0.4, 0.5) is 0 Å². The fourth-order valence-electron chi connectivity index (χ4n) is 1.87. The molecular formula is C13H25NO. The van der Waals surface area contributed by atoms with Crippen LogP contribution >= 0.6 is 0 Å². The lowest BCUT2D eigenvalue weighted by atomic mass is 9.82. The van der Waals surface area contributed by atoms with Crippen molar-refractivity contribution in [2.45, 2.75) is 46.3 Å². The molecule has 0 aliphatic rings. The quantitative estimate of drug-likeness (QED) is 0.502. The van der Waals surface area contributed by atoms with E-state index < -0.39 is 6.23 Å². The smallest absolute Gasteiger partial charge is 0.102 e. The Morgan fingerprint density at radius 1 is 1.33 bits per heavy atom. The lowest BCUT2D eigenvalue weighted by molar-refractivity contribution is 0.172. The minimum absolute atomic E-state index is 0.493. The molecule has 2 nitrogen and oxygen atoms in total. The molecule has 3 N–H and O–H groups in total. The van der Waals surface area contributed by atoms with E-state index in [0.29, 0.717) is 18.3 Å². The molecule has 0 spiro atoms. The number of aliphatic hydroxyl groups is 1. The summed E-state index contributed by atoms with van der Waals surface area (Å²) < 4.78 is 0. The van der Waals surface area contributed by atoms with Crippen LogP contribution in [0.1, 0.15) is 40.0 Å². The zero-order valence-electron chi connectivity index (χ0n) is 10.3. The van der Waals surface area contributed by atoms with Crippen LogP contribution < -0.4 is 5.73 Å². The van der Waals surface area contributed by atoms with Gasteiger partial charge in [0.2, 0.25) is 0 Å². The molecule has 0 fully saturated rings. The molecule has 1 unspecified atom stereocenters. The Morgan fingerprint density at radius 2 is 1.87 bits per heavy atom. The van der Waals surface area contributed by atoms with E-state index in [1.807, 2.05) is 0 Å². The SMILES string of the molecule is C=C(CCC(N)O)C(=C)[C@H](CC)C(C)C. The van der Waals surface area contributed by atoms with Crippen molar-refractivity contribution in [1.82, 2.24) is 0 Å². The third kappa shape index (κ3) is 5.14. The average Bonchev–Trinajstić information content (AvgIpc) is 2.14. The largest absolute Gasteiger partial charge is 0.379 e. The summed E-state index contributed by atoms with van der Waals surface area (Å²) in [6, 6.07) is 0. The lowest BCUT2D eigenvalue weighted by Crippen LogP contribution is -2.19. The predicted molar refractivity (Wildman–Crippen MR) is 66.3 cm³/mol. The van der Waals surface area contributed by atoms with Gasteiger partial charge in [-0.3, -0.25) is 0 Å². The van der Waals surface area contributed by atoms with Gasteiger partial charge in [-0.15, -0.1) is 0 Å². The Labute approximate surface area is 93.9 Å². The second-order valence-corrected chi connectivity index (χ2v) is 4.49. The van der Waals surface area contributed by atoms with Crippen LogP contribution in [0.5, 0.6) is 0 Å². The normalized spacial score (nSPS) is 15.1. The van der Waals surface area contributed by atoms with Crippen molar-refractivity contribution in [2.24, 2.45) is 17.6 Å². The maximum Gasteiger partial charge on any atom is 0.102 e. The number of aliphatic hydroxyl groups excluding tert-OH is 1. The summed E-state index contributed by atoms with van der Waals surface area (Å²) in [7, 11) is 0. The Morgan fingerprint density at radius 3 is 2.20 bits per heavy atom. The Hall–Kier alpha value is -0.600. The standard InChI is InChI=1S/C13H25NO/c1-6-12(9(2)3)11(5)10(4)7-8-13(14)15/h9,12-13,15H,4-8,14H2,1-3H3/t12-,13?/m1/s1. The molecule has 0 radical (unpaired) electrons. The van der Waals surface area contributed by atoms with Crippen molar-refractivity contribution in [3.8, 4) is 0 Å². The van der Waals surface area contributed by atoms with Gasteiger partial charge >= 0.3 is 0 Å². The van der Waals surface area contributed by atoms with E-state index in [9.17, 15) is 0 Å². The van der Waals surface area contributed by atoms with Crippen LogP contribution in [0, 0.1) is 11.8 Å². The van der Waals surface area contributed by atoms with Crippen molar-refractivity contribution in [1.29, 1.82) is 0 Å². The number of allylic oxidation sites excluding steroid dienone is 2. The van der Waals surface area contributed by atoms with Gasteiger partial charge in [0.05, 0.1) is 0 Å². The molecule has 0 aromatic carbocycles. The maximum absolute atomic E-state index is 9.00. The first-order valence-electron chi connectivity index (χ1n) is 5.70. The monoisotopic (exact) mass is 211 g/mol. The third-order valence-electron chi connectivity index (χ3n) is 2.89. The topological polar surface area (TPSA) is 46.2 Å². The predicted octanol–water partition coefficient (Wildman–Crippen LogP) is 2.84. The summed E-state index contributed by atoms with van der Waals surface area (Å²) in [6.07, 6.45) is 1.64. The zero-order chi connectivity index (χ0) is 12.0. The van der Waals surface area contributed by atoms with E-state index in [1.54, 1.807) is 0 Å². The molecule has 0 aliphatic carbocycles. The average molecular weight is 211 g/mol. The van der Waals surface area contributed by atoms with E-state index in [-0.39, 0.29) is 0 Å². The first kappa shape index (κ1) is 14.4. The number of nitrogens with two attached hydrogens (primary N) is 1. The van der Waals surface area contributed by atoms with Gasteiger partial charge in [0.15, 0.2) is 0 Å². The van der Waals surface area contributed by atoms with Gasteiger partial charge in [-0.2, -0.15) is 0 Å². The highest BCUT2D eigenvalue weighted by molar-refractivity contribution is 5.27. The highest BCUT2D eigenvalue weighted by atomic mass is 16.3. The first-order valence-corrected chi connectivity index (χ1v) is 5.70. The summed E-state index contributed by atoms with van der Waals surface area (Å²) >= 11 is 0. The summed E-state index contributed by atoms with van der Waals surface area (Å²) in [5.41, 5.74) is 7.44. The van der Waals surface area contributed by atoms with Gasteiger partial charge in [-0.05, 0) is 36.7 Å². The van der Waals surface area contributed by atoms with Crippen LogP contribution in [-0.4, -0.2) is 11.3 Å². The van der Waals surface area contributed by atoms with Crippen LogP contribution in [0.25, 0.3) is 0 Å². The first-order chi connectivity index (χ1) is 6.90. The lowest BCUT2D eigenvalue weighted by Gasteiger charge is -2.23. The second kappa shape index (κ2) is 6.81. The van der Waals surface area contributed by atoms with Crippen molar-refractivity contribution in [3.05, 3.63) is 24.3 Å². The summed E-state index contributed by atoms with van der Waals surface area (Å²) in [6.45, 7) is 14.7. The molecule has 0 aliphatic heterocycles. The molecule has 15 heavy (non-hydrogen) atoms. The second-order valence-electron chi connectivity index (χ2n) is 4.49. The van der Waals surface area contributed by atoms with Gasteiger partial charge in [-0.1, -0.05) is 39.5 Å². The van der Waals surface area contributed by atoms with Crippen molar-refractivity contribution >= 4 is 0 Å². The summed E-state index contributed by atoms with van der Waals surface area (Å²) in [5, 5.41) is 9.00. The fourth-order valence-corrected chi connectivity index (χ4v) is 1.87. The van der Waals surface area contributed by atoms with E-state index in [1.165, 1.54) is 0 Å². The molecule has 88 valence electrons. The molecule has 2 atom stereocenters. The van der Waals surface area contributed by atoms with Gasteiger partial charge in [0, 0.05) is 0 Å². The molecule has 0 heterocycles. The highest BCUT2D eigenvalue weighted by Crippen LogP contribution is 2.29.